The molecule has 0 amide bonds. The standard InChI is InChI=1S/C11H10O3S/c1-8-10-5-3-2-4-9(10)6-7-11(8)15(12,13)14/h2-5,7H,1,6H2,(H,12,13,14). The highest BCUT2D eigenvalue weighted by molar-refractivity contribution is 7.90. The molecule has 1 aromatic carbocycles. The van der Waals surface area contributed by atoms with Gasteiger partial charge in [0.25, 0.3) is 10.1 Å². The summed E-state index contributed by atoms with van der Waals surface area (Å²) in [6.45, 7) is 3.70. The van der Waals surface area contributed by atoms with E-state index in [0.29, 0.717) is 12.0 Å². The maximum Gasteiger partial charge on any atom is 0.294 e. The third-order valence-corrected chi connectivity index (χ3v) is 3.39. The zero-order valence-electron chi connectivity index (χ0n) is 7.97. The van der Waals surface area contributed by atoms with E-state index < -0.39 is 10.1 Å². The van der Waals surface area contributed by atoms with Crippen molar-refractivity contribution in [2.45, 2.75) is 6.42 Å². The fourth-order valence-corrected chi connectivity index (χ4v) is 2.43. The molecule has 0 fully saturated rings. The molecule has 0 aromatic heterocycles. The molecular formula is C11H10O3S. The molecule has 0 bridgehead atoms. The Hall–Kier alpha value is -1.39. The maximum atomic E-state index is 11.0. The van der Waals surface area contributed by atoms with Crippen LogP contribution in [0.1, 0.15) is 11.1 Å². The number of hydrogen-bond donors (Lipinski definition) is 1. The summed E-state index contributed by atoms with van der Waals surface area (Å²) in [4.78, 5) is -0.0822. The van der Waals surface area contributed by atoms with Crippen molar-refractivity contribution >= 4 is 15.7 Å². The summed E-state index contributed by atoms with van der Waals surface area (Å²) in [5.41, 5.74) is 2.17. The minimum atomic E-state index is -4.16. The van der Waals surface area contributed by atoms with Crippen molar-refractivity contribution in [3.8, 4) is 0 Å². The molecule has 0 atom stereocenters. The largest absolute Gasteiger partial charge is 0.294 e. The van der Waals surface area contributed by atoms with Gasteiger partial charge in [0.05, 0.1) is 4.91 Å². The summed E-state index contributed by atoms with van der Waals surface area (Å²) < 4.78 is 31.0. The highest BCUT2D eigenvalue weighted by Gasteiger charge is 2.23. The lowest BCUT2D eigenvalue weighted by molar-refractivity contribution is 0.492. The van der Waals surface area contributed by atoms with Gasteiger partial charge >= 0.3 is 0 Å². The van der Waals surface area contributed by atoms with Crippen LogP contribution in [0.5, 0.6) is 0 Å². The third-order valence-electron chi connectivity index (χ3n) is 2.43. The van der Waals surface area contributed by atoms with Gasteiger partial charge in [0.2, 0.25) is 0 Å². The summed E-state index contributed by atoms with van der Waals surface area (Å²) in [5, 5.41) is 0. The van der Waals surface area contributed by atoms with Crippen molar-refractivity contribution in [1.82, 2.24) is 0 Å². The number of fused-ring (bicyclic) bond motifs is 1. The molecular weight excluding hydrogens is 212 g/mol. The Morgan fingerprint density at radius 2 is 1.93 bits per heavy atom. The Morgan fingerprint density at radius 3 is 2.60 bits per heavy atom. The van der Waals surface area contributed by atoms with E-state index in [1.807, 2.05) is 18.2 Å². The summed E-state index contributed by atoms with van der Waals surface area (Å²) in [5.74, 6) is 0. The van der Waals surface area contributed by atoms with Crippen molar-refractivity contribution in [1.29, 1.82) is 0 Å². The maximum absolute atomic E-state index is 11.0. The van der Waals surface area contributed by atoms with Gasteiger partial charge in [-0.2, -0.15) is 8.42 Å². The molecule has 1 aromatic rings. The highest BCUT2D eigenvalue weighted by atomic mass is 32.2. The van der Waals surface area contributed by atoms with E-state index in [1.54, 1.807) is 6.07 Å². The third kappa shape index (κ3) is 1.73. The van der Waals surface area contributed by atoms with Crippen LogP contribution in [0.4, 0.5) is 0 Å². The topological polar surface area (TPSA) is 54.4 Å². The van der Waals surface area contributed by atoms with Crippen LogP contribution in [-0.4, -0.2) is 13.0 Å². The Morgan fingerprint density at radius 1 is 1.27 bits per heavy atom. The summed E-state index contributed by atoms with van der Waals surface area (Å²) in [7, 11) is -4.16. The minimum absolute atomic E-state index is 0.0822. The smallest absolute Gasteiger partial charge is 0.282 e. The number of hydrogen-bond acceptors (Lipinski definition) is 2. The van der Waals surface area contributed by atoms with Crippen LogP contribution in [0.25, 0.3) is 5.57 Å². The molecule has 0 spiro atoms. The van der Waals surface area contributed by atoms with Gasteiger partial charge in [0.1, 0.15) is 0 Å². The van der Waals surface area contributed by atoms with Crippen molar-refractivity contribution in [2.24, 2.45) is 0 Å². The van der Waals surface area contributed by atoms with Crippen molar-refractivity contribution in [2.75, 3.05) is 0 Å². The van der Waals surface area contributed by atoms with E-state index in [4.69, 9.17) is 4.55 Å². The van der Waals surface area contributed by atoms with Crippen LogP contribution in [0.2, 0.25) is 0 Å². The molecule has 2 rings (SSSR count). The van der Waals surface area contributed by atoms with Crippen LogP contribution in [0.3, 0.4) is 0 Å². The summed E-state index contributed by atoms with van der Waals surface area (Å²) >= 11 is 0. The van der Waals surface area contributed by atoms with Gasteiger partial charge in [-0.1, -0.05) is 36.9 Å². The molecule has 0 saturated carbocycles. The average Bonchev–Trinajstić information content (AvgIpc) is 2.16. The molecule has 3 nitrogen and oxygen atoms in total. The van der Waals surface area contributed by atoms with Gasteiger partial charge in [-0.25, -0.2) is 0 Å². The molecule has 1 aliphatic rings. The first-order valence-electron chi connectivity index (χ1n) is 4.45. The molecule has 0 saturated heterocycles. The first kappa shape index (κ1) is 10.1. The van der Waals surface area contributed by atoms with Gasteiger partial charge in [0, 0.05) is 0 Å². The second kappa shape index (κ2) is 3.32. The molecule has 1 N–H and O–H groups in total. The predicted molar refractivity (Wildman–Crippen MR) is 58.8 cm³/mol. The molecule has 15 heavy (non-hydrogen) atoms. The van der Waals surface area contributed by atoms with Gasteiger partial charge < -0.3 is 0 Å². The highest BCUT2D eigenvalue weighted by Crippen LogP contribution is 2.32. The monoisotopic (exact) mass is 222 g/mol. The molecule has 0 heterocycles. The quantitative estimate of drug-likeness (QED) is 0.740. The lowest BCUT2D eigenvalue weighted by atomic mass is 9.93. The van der Waals surface area contributed by atoms with Crippen LogP contribution in [0.15, 0.2) is 41.8 Å². The predicted octanol–water partition coefficient (Wildman–Crippen LogP) is 2.03. The van der Waals surface area contributed by atoms with Crippen LogP contribution in [-0.2, 0) is 16.5 Å². The molecule has 0 radical (unpaired) electrons. The first-order chi connectivity index (χ1) is 7.00. The number of benzene rings is 1. The normalized spacial score (nSPS) is 15.8. The Balaban J connectivity index is 2.56. The molecule has 1 aliphatic carbocycles. The number of allylic oxidation sites excluding steroid dienone is 2. The Labute approximate surface area is 88.5 Å². The van der Waals surface area contributed by atoms with E-state index in [0.717, 1.165) is 11.1 Å². The van der Waals surface area contributed by atoms with Gasteiger partial charge in [-0.3, -0.25) is 4.55 Å². The van der Waals surface area contributed by atoms with Crippen molar-refractivity contribution in [3.63, 3.8) is 0 Å². The molecule has 0 unspecified atom stereocenters. The van der Waals surface area contributed by atoms with Crippen LogP contribution < -0.4 is 0 Å². The van der Waals surface area contributed by atoms with Crippen LogP contribution >= 0.6 is 0 Å². The molecule has 4 heteroatoms. The molecule has 78 valence electrons. The van der Waals surface area contributed by atoms with E-state index >= 15 is 0 Å². The van der Waals surface area contributed by atoms with E-state index in [2.05, 4.69) is 6.58 Å². The second-order valence-corrected chi connectivity index (χ2v) is 4.77. The van der Waals surface area contributed by atoms with E-state index in [-0.39, 0.29) is 4.91 Å². The fourth-order valence-electron chi connectivity index (χ4n) is 1.71. The Bertz CT molecular complexity index is 553. The minimum Gasteiger partial charge on any atom is -0.282 e. The Kier molecular flexibility index (Phi) is 2.25. The van der Waals surface area contributed by atoms with Gasteiger partial charge in [0.15, 0.2) is 0 Å². The lowest BCUT2D eigenvalue weighted by Gasteiger charge is -2.17. The van der Waals surface area contributed by atoms with E-state index in [1.165, 1.54) is 6.08 Å². The SMILES string of the molecule is C=C1C(S(=O)(=O)O)=CCc2ccccc21. The van der Waals surface area contributed by atoms with Crippen LogP contribution in [0, 0.1) is 0 Å². The van der Waals surface area contributed by atoms with E-state index in [9.17, 15) is 8.42 Å². The van der Waals surface area contributed by atoms with Crippen molar-refractivity contribution < 1.29 is 13.0 Å². The van der Waals surface area contributed by atoms with Crippen molar-refractivity contribution in [3.05, 3.63) is 53.0 Å². The van der Waals surface area contributed by atoms with Gasteiger partial charge in [-0.05, 0) is 23.1 Å². The molecule has 0 aliphatic heterocycles. The lowest BCUT2D eigenvalue weighted by Crippen LogP contribution is -2.09. The fraction of sp³-hybridized carbons (Fsp3) is 0.0909. The average molecular weight is 222 g/mol. The first-order valence-corrected chi connectivity index (χ1v) is 5.89. The second-order valence-electron chi connectivity index (χ2n) is 3.38. The zero-order valence-corrected chi connectivity index (χ0v) is 8.79. The summed E-state index contributed by atoms with van der Waals surface area (Å²) in [6.07, 6.45) is 1.99. The zero-order chi connectivity index (χ0) is 11.1. The summed E-state index contributed by atoms with van der Waals surface area (Å²) in [6, 6.07) is 7.42. The number of rotatable bonds is 1. The van der Waals surface area contributed by atoms with Gasteiger partial charge in [-0.15, -0.1) is 0 Å².